The molecule has 3 amide bonds. The van der Waals surface area contributed by atoms with Crippen molar-refractivity contribution in [1.82, 2.24) is 25.1 Å². The molecule has 38 heavy (non-hydrogen) atoms. The fourth-order valence-electron chi connectivity index (χ4n) is 4.89. The van der Waals surface area contributed by atoms with Crippen LogP contribution in [0.1, 0.15) is 51.9 Å². The minimum absolute atomic E-state index is 0.0458. The molecule has 1 unspecified atom stereocenters. The van der Waals surface area contributed by atoms with Crippen LogP contribution in [-0.2, 0) is 24.4 Å². The van der Waals surface area contributed by atoms with Crippen molar-refractivity contribution in [3.8, 4) is 11.5 Å². The fraction of sp³-hybridized carbons (Fsp3) is 0.357. The van der Waals surface area contributed by atoms with Crippen molar-refractivity contribution in [3.05, 3.63) is 77.4 Å². The summed E-state index contributed by atoms with van der Waals surface area (Å²) < 4.78 is 12.0. The zero-order chi connectivity index (χ0) is 26.9. The van der Waals surface area contributed by atoms with Crippen molar-refractivity contribution in [2.45, 2.75) is 51.0 Å². The van der Waals surface area contributed by atoms with Gasteiger partial charge in [-0.25, -0.2) is 4.98 Å². The van der Waals surface area contributed by atoms with Crippen molar-refractivity contribution in [1.29, 1.82) is 0 Å². The molecule has 198 valence electrons. The van der Waals surface area contributed by atoms with Crippen molar-refractivity contribution >= 4 is 17.7 Å². The van der Waals surface area contributed by atoms with Gasteiger partial charge in [0, 0.05) is 19.1 Å². The van der Waals surface area contributed by atoms with E-state index >= 15 is 0 Å². The molecular weight excluding hydrogens is 486 g/mol. The molecule has 1 aromatic heterocycles. The molecule has 1 saturated carbocycles. The number of methoxy groups -OCH3 is 2. The molecule has 1 aliphatic carbocycles. The number of hydrogen-bond donors (Lipinski definition) is 2. The van der Waals surface area contributed by atoms with Gasteiger partial charge < -0.3 is 29.6 Å². The summed E-state index contributed by atoms with van der Waals surface area (Å²) in [4.78, 5) is 46.3. The molecule has 0 saturated heterocycles. The number of nitrogens with one attached hydrogen (secondary N) is 2. The number of nitrogens with zero attached hydrogens (tertiary/aromatic N) is 3. The summed E-state index contributed by atoms with van der Waals surface area (Å²) in [5, 5.41) is 5.83. The van der Waals surface area contributed by atoms with Crippen LogP contribution in [0.4, 0.5) is 0 Å². The molecule has 10 heteroatoms. The number of hydrogen-bond acceptors (Lipinski definition) is 6. The average Bonchev–Trinajstić information content (AvgIpc) is 3.68. The highest BCUT2D eigenvalue weighted by molar-refractivity contribution is 6.07. The standard InChI is InChI=1S/C28H31N5O5/c1-28(27(36)30-14-18-7-11-21(37-2)12-8-18)16-32-17-31-23(24(32)26(35)33(28)20-9-10-20)25(34)29-15-19-5-4-6-22(13-19)38-3/h4-8,11-13,17,20H,9-10,14-16H2,1-3H3,(H,29,34)(H,30,36). The van der Waals surface area contributed by atoms with E-state index in [2.05, 4.69) is 15.6 Å². The van der Waals surface area contributed by atoms with Crippen LogP contribution >= 0.6 is 0 Å². The monoisotopic (exact) mass is 517 g/mol. The number of carbonyl (C=O) groups is 3. The summed E-state index contributed by atoms with van der Waals surface area (Å²) in [6.45, 7) is 2.56. The second-order valence-corrected chi connectivity index (χ2v) is 9.81. The van der Waals surface area contributed by atoms with Gasteiger partial charge in [-0.1, -0.05) is 24.3 Å². The first-order valence-electron chi connectivity index (χ1n) is 12.5. The summed E-state index contributed by atoms with van der Waals surface area (Å²) in [5.74, 6) is 0.372. The first kappa shape index (κ1) is 25.3. The normalized spacial score (nSPS) is 18.5. The van der Waals surface area contributed by atoms with Crippen LogP contribution in [0.5, 0.6) is 11.5 Å². The molecule has 5 rings (SSSR count). The Kier molecular flexibility index (Phi) is 6.79. The Hall–Kier alpha value is -4.34. The van der Waals surface area contributed by atoms with Crippen LogP contribution in [0.2, 0.25) is 0 Å². The van der Waals surface area contributed by atoms with Gasteiger partial charge in [-0.15, -0.1) is 0 Å². The number of amides is 3. The molecule has 2 heterocycles. The van der Waals surface area contributed by atoms with Crippen molar-refractivity contribution in [3.63, 3.8) is 0 Å². The highest BCUT2D eigenvalue weighted by atomic mass is 16.5. The predicted octanol–water partition coefficient (Wildman–Crippen LogP) is 2.52. The Balaban J connectivity index is 1.33. The smallest absolute Gasteiger partial charge is 0.274 e. The van der Waals surface area contributed by atoms with E-state index in [0.29, 0.717) is 12.3 Å². The van der Waals surface area contributed by atoms with Gasteiger partial charge in [0.2, 0.25) is 5.91 Å². The number of fused-ring (bicyclic) bond motifs is 1. The van der Waals surface area contributed by atoms with Crippen molar-refractivity contribution in [2.24, 2.45) is 0 Å². The number of ether oxygens (including phenoxy) is 2. The summed E-state index contributed by atoms with van der Waals surface area (Å²) in [5.41, 5.74) is 0.927. The summed E-state index contributed by atoms with van der Waals surface area (Å²) in [6, 6.07) is 14.8. The zero-order valence-electron chi connectivity index (χ0n) is 21.7. The number of rotatable bonds is 9. The molecular formula is C28H31N5O5. The van der Waals surface area contributed by atoms with Gasteiger partial charge in [-0.05, 0) is 55.2 Å². The van der Waals surface area contributed by atoms with Gasteiger partial charge in [-0.2, -0.15) is 0 Å². The van der Waals surface area contributed by atoms with Gasteiger partial charge in [0.25, 0.3) is 11.8 Å². The quantitative estimate of drug-likeness (QED) is 0.451. The van der Waals surface area contributed by atoms with E-state index in [1.165, 1.54) is 6.33 Å². The van der Waals surface area contributed by atoms with E-state index in [0.717, 1.165) is 29.7 Å². The van der Waals surface area contributed by atoms with Crippen LogP contribution in [0.15, 0.2) is 54.9 Å². The first-order valence-corrected chi connectivity index (χ1v) is 12.5. The molecule has 1 atom stereocenters. The molecule has 2 aliphatic rings. The molecule has 2 aromatic carbocycles. The van der Waals surface area contributed by atoms with Crippen LogP contribution in [0.25, 0.3) is 0 Å². The molecule has 1 aliphatic heterocycles. The Morgan fingerprint density at radius 1 is 1.00 bits per heavy atom. The van der Waals surface area contributed by atoms with Gasteiger partial charge in [0.1, 0.15) is 22.7 Å². The van der Waals surface area contributed by atoms with E-state index in [1.807, 2.05) is 48.5 Å². The Morgan fingerprint density at radius 2 is 1.71 bits per heavy atom. The number of benzene rings is 2. The van der Waals surface area contributed by atoms with Gasteiger partial charge >= 0.3 is 0 Å². The van der Waals surface area contributed by atoms with E-state index in [4.69, 9.17) is 9.47 Å². The van der Waals surface area contributed by atoms with E-state index < -0.39 is 11.4 Å². The Morgan fingerprint density at radius 3 is 2.39 bits per heavy atom. The van der Waals surface area contributed by atoms with E-state index in [1.54, 1.807) is 30.6 Å². The van der Waals surface area contributed by atoms with Crippen LogP contribution in [0, 0.1) is 0 Å². The average molecular weight is 518 g/mol. The SMILES string of the molecule is COc1ccc(CNC(=O)C2(C)Cn3cnc(C(=O)NCc4cccc(OC)c4)c3C(=O)N2C2CC2)cc1. The lowest BCUT2D eigenvalue weighted by Crippen LogP contribution is -2.64. The summed E-state index contributed by atoms with van der Waals surface area (Å²) >= 11 is 0. The number of aromatic nitrogens is 2. The lowest BCUT2D eigenvalue weighted by atomic mass is 9.93. The second kappa shape index (κ2) is 10.2. The molecule has 0 bridgehead atoms. The molecule has 0 spiro atoms. The maximum atomic E-state index is 13.8. The topological polar surface area (TPSA) is 115 Å². The third kappa shape index (κ3) is 4.81. The minimum atomic E-state index is -1.12. The highest BCUT2D eigenvalue weighted by Crippen LogP contribution is 2.39. The predicted molar refractivity (Wildman–Crippen MR) is 139 cm³/mol. The van der Waals surface area contributed by atoms with Gasteiger partial charge in [-0.3, -0.25) is 14.4 Å². The molecule has 3 aromatic rings. The zero-order valence-corrected chi connectivity index (χ0v) is 21.7. The largest absolute Gasteiger partial charge is 0.497 e. The molecule has 10 nitrogen and oxygen atoms in total. The lowest BCUT2D eigenvalue weighted by Gasteiger charge is -2.44. The minimum Gasteiger partial charge on any atom is -0.497 e. The van der Waals surface area contributed by atoms with Crippen molar-refractivity contribution < 1.29 is 23.9 Å². The van der Waals surface area contributed by atoms with Crippen LogP contribution < -0.4 is 20.1 Å². The highest BCUT2D eigenvalue weighted by Gasteiger charge is 2.53. The third-order valence-electron chi connectivity index (χ3n) is 7.08. The fourth-order valence-corrected chi connectivity index (χ4v) is 4.89. The maximum absolute atomic E-state index is 13.8. The van der Waals surface area contributed by atoms with E-state index in [-0.39, 0.29) is 42.3 Å². The maximum Gasteiger partial charge on any atom is 0.274 e. The Labute approximate surface area is 220 Å². The van der Waals surface area contributed by atoms with Crippen molar-refractivity contribution in [2.75, 3.05) is 14.2 Å². The second-order valence-electron chi connectivity index (χ2n) is 9.81. The molecule has 1 fully saturated rings. The molecule has 2 N–H and O–H groups in total. The lowest BCUT2D eigenvalue weighted by molar-refractivity contribution is -0.133. The summed E-state index contributed by atoms with van der Waals surface area (Å²) in [6.07, 6.45) is 3.10. The first-order chi connectivity index (χ1) is 18.3. The van der Waals surface area contributed by atoms with Crippen LogP contribution in [0.3, 0.4) is 0 Å². The summed E-state index contributed by atoms with van der Waals surface area (Å²) in [7, 11) is 3.18. The van der Waals surface area contributed by atoms with Gasteiger partial charge in [0.15, 0.2) is 5.69 Å². The van der Waals surface area contributed by atoms with Gasteiger partial charge in [0.05, 0.1) is 27.1 Å². The van der Waals surface area contributed by atoms with E-state index in [9.17, 15) is 14.4 Å². The Bertz CT molecular complexity index is 1360. The van der Waals surface area contributed by atoms with Crippen LogP contribution in [-0.4, -0.2) is 58.0 Å². The third-order valence-corrected chi connectivity index (χ3v) is 7.08. The number of imidazole rings is 1. The number of carbonyl (C=O) groups excluding carboxylic acids is 3. The molecule has 0 radical (unpaired) electrons.